The first kappa shape index (κ1) is 23.3. The fourth-order valence-electron chi connectivity index (χ4n) is 5.02. The standard InChI is InChI=1S/C27H34F3NO/c1-2-20-13-15-31(16-14-20)18-21-7-9-22(10-8-21)23-11-12-24(26(17-23)27(28,29)30)19-32-25-5-3-4-6-25/h7-12,17,20,25H,2-6,13-16,18-19H2,1H3. The zero-order valence-electron chi connectivity index (χ0n) is 19.0. The van der Waals surface area contributed by atoms with Gasteiger partial charge in [-0.3, -0.25) is 4.90 Å². The Morgan fingerprint density at radius 1 is 0.906 bits per heavy atom. The van der Waals surface area contributed by atoms with Gasteiger partial charge in [0.25, 0.3) is 0 Å². The zero-order valence-corrected chi connectivity index (χ0v) is 19.0. The van der Waals surface area contributed by atoms with E-state index in [1.807, 2.05) is 24.3 Å². The van der Waals surface area contributed by atoms with Gasteiger partial charge in [-0.05, 0) is 73.0 Å². The van der Waals surface area contributed by atoms with E-state index < -0.39 is 11.7 Å². The summed E-state index contributed by atoms with van der Waals surface area (Å²) < 4.78 is 47.1. The molecule has 1 aliphatic heterocycles. The van der Waals surface area contributed by atoms with Gasteiger partial charge in [0.15, 0.2) is 0 Å². The molecule has 0 amide bonds. The summed E-state index contributed by atoms with van der Waals surface area (Å²) >= 11 is 0. The van der Waals surface area contributed by atoms with Crippen molar-refractivity contribution in [1.29, 1.82) is 0 Å². The van der Waals surface area contributed by atoms with Crippen LogP contribution in [0.5, 0.6) is 0 Å². The zero-order chi connectivity index (χ0) is 22.6. The third-order valence-electron chi connectivity index (χ3n) is 7.17. The lowest BCUT2D eigenvalue weighted by Crippen LogP contribution is -2.32. The first-order valence-corrected chi connectivity index (χ1v) is 12.1. The molecule has 2 aromatic rings. The predicted molar refractivity (Wildman–Crippen MR) is 122 cm³/mol. The molecule has 2 aromatic carbocycles. The van der Waals surface area contributed by atoms with Crippen LogP contribution in [-0.4, -0.2) is 24.1 Å². The molecule has 0 radical (unpaired) electrons. The highest BCUT2D eigenvalue weighted by molar-refractivity contribution is 5.65. The maximum atomic E-state index is 13.8. The van der Waals surface area contributed by atoms with Crippen molar-refractivity contribution in [2.24, 2.45) is 5.92 Å². The number of halogens is 3. The highest BCUT2D eigenvalue weighted by Gasteiger charge is 2.34. The monoisotopic (exact) mass is 445 g/mol. The maximum absolute atomic E-state index is 13.8. The summed E-state index contributed by atoms with van der Waals surface area (Å²) in [5.41, 5.74) is 2.25. The fourth-order valence-corrected chi connectivity index (χ4v) is 5.02. The Morgan fingerprint density at radius 2 is 1.56 bits per heavy atom. The number of alkyl halides is 3. The van der Waals surface area contributed by atoms with Crippen molar-refractivity contribution in [3.63, 3.8) is 0 Å². The van der Waals surface area contributed by atoms with Gasteiger partial charge in [0.2, 0.25) is 0 Å². The molecule has 0 aromatic heterocycles. The van der Waals surface area contributed by atoms with Crippen LogP contribution in [0, 0.1) is 5.92 Å². The third kappa shape index (κ3) is 5.93. The third-order valence-corrected chi connectivity index (χ3v) is 7.17. The van der Waals surface area contributed by atoms with Gasteiger partial charge in [-0.15, -0.1) is 0 Å². The van der Waals surface area contributed by atoms with Crippen LogP contribution < -0.4 is 0 Å². The van der Waals surface area contributed by atoms with Gasteiger partial charge in [0.1, 0.15) is 0 Å². The molecule has 4 rings (SSSR count). The smallest absolute Gasteiger partial charge is 0.374 e. The number of hydrogen-bond donors (Lipinski definition) is 0. The summed E-state index contributed by atoms with van der Waals surface area (Å²) in [4.78, 5) is 2.47. The van der Waals surface area contributed by atoms with Gasteiger partial charge in [-0.25, -0.2) is 0 Å². The fraction of sp³-hybridized carbons (Fsp3) is 0.556. The lowest BCUT2D eigenvalue weighted by Gasteiger charge is -2.31. The molecule has 0 unspecified atom stereocenters. The summed E-state index contributed by atoms with van der Waals surface area (Å²) in [5, 5.41) is 0. The summed E-state index contributed by atoms with van der Waals surface area (Å²) in [7, 11) is 0. The Bertz CT molecular complexity index is 863. The van der Waals surface area contributed by atoms with Crippen LogP contribution in [0.2, 0.25) is 0 Å². The minimum atomic E-state index is -4.39. The van der Waals surface area contributed by atoms with E-state index in [2.05, 4.69) is 11.8 Å². The first-order valence-electron chi connectivity index (χ1n) is 12.1. The van der Waals surface area contributed by atoms with Crippen molar-refractivity contribution < 1.29 is 17.9 Å². The van der Waals surface area contributed by atoms with E-state index >= 15 is 0 Å². The predicted octanol–water partition coefficient (Wildman–Crippen LogP) is 7.45. The van der Waals surface area contributed by atoms with Gasteiger partial charge in [-0.1, -0.05) is 62.6 Å². The summed E-state index contributed by atoms with van der Waals surface area (Å²) in [6.45, 7) is 5.44. The lowest BCUT2D eigenvalue weighted by molar-refractivity contribution is -0.139. The van der Waals surface area contributed by atoms with Crippen molar-refractivity contribution in [3.05, 3.63) is 59.2 Å². The quantitative estimate of drug-likeness (QED) is 0.439. The lowest BCUT2D eigenvalue weighted by atomic mass is 9.94. The second kappa shape index (κ2) is 10.4. The van der Waals surface area contributed by atoms with E-state index in [9.17, 15) is 13.2 Å². The Hall–Kier alpha value is -1.85. The van der Waals surface area contributed by atoms with Crippen molar-refractivity contribution >= 4 is 0 Å². The summed E-state index contributed by atoms with van der Waals surface area (Å²) in [6, 6.07) is 12.6. The van der Waals surface area contributed by atoms with Crippen LogP contribution in [0.25, 0.3) is 11.1 Å². The molecule has 32 heavy (non-hydrogen) atoms. The maximum Gasteiger partial charge on any atom is 0.416 e. The first-order chi connectivity index (χ1) is 15.4. The Labute approximate surface area is 189 Å². The molecule has 1 aliphatic carbocycles. The van der Waals surface area contributed by atoms with E-state index in [1.54, 1.807) is 12.1 Å². The molecule has 2 aliphatic rings. The largest absolute Gasteiger partial charge is 0.416 e. The van der Waals surface area contributed by atoms with Gasteiger partial charge in [0, 0.05) is 6.54 Å². The van der Waals surface area contributed by atoms with Crippen molar-refractivity contribution in [2.45, 2.75) is 77.3 Å². The minimum Gasteiger partial charge on any atom is -0.374 e. The number of hydrogen-bond acceptors (Lipinski definition) is 2. The van der Waals surface area contributed by atoms with E-state index in [0.717, 1.165) is 56.8 Å². The molecule has 1 saturated carbocycles. The number of ether oxygens (including phenoxy) is 1. The molecule has 2 nitrogen and oxygen atoms in total. The Kier molecular flexibility index (Phi) is 7.57. The van der Waals surface area contributed by atoms with Crippen molar-refractivity contribution in [1.82, 2.24) is 4.90 Å². The number of rotatable bonds is 7. The molecule has 1 saturated heterocycles. The number of piperidine rings is 1. The minimum absolute atomic E-state index is 0.0213. The van der Waals surface area contributed by atoms with Crippen molar-refractivity contribution in [3.8, 4) is 11.1 Å². The van der Waals surface area contributed by atoms with Crippen LogP contribution in [0.3, 0.4) is 0 Å². The normalized spacial score (nSPS) is 19.0. The Balaban J connectivity index is 1.44. The van der Waals surface area contributed by atoms with E-state index in [0.29, 0.717) is 5.56 Å². The molecule has 0 spiro atoms. The SMILES string of the molecule is CCC1CCN(Cc2ccc(-c3ccc(COC4CCCC4)c(C(F)(F)F)c3)cc2)CC1. The van der Waals surface area contributed by atoms with Crippen molar-refractivity contribution in [2.75, 3.05) is 13.1 Å². The average Bonchev–Trinajstić information content (AvgIpc) is 3.32. The molecular weight excluding hydrogens is 411 g/mol. The molecular formula is C27H34F3NO. The second-order valence-electron chi connectivity index (χ2n) is 9.41. The van der Waals surface area contributed by atoms with E-state index in [1.165, 1.54) is 30.9 Å². The highest BCUT2D eigenvalue weighted by atomic mass is 19.4. The topological polar surface area (TPSA) is 12.5 Å². The van der Waals surface area contributed by atoms with Crippen LogP contribution in [0.15, 0.2) is 42.5 Å². The molecule has 0 bridgehead atoms. The second-order valence-corrected chi connectivity index (χ2v) is 9.41. The van der Waals surface area contributed by atoms with Gasteiger partial charge >= 0.3 is 6.18 Å². The number of likely N-dealkylation sites (tertiary alicyclic amines) is 1. The van der Waals surface area contributed by atoms with Crippen LogP contribution in [0.1, 0.15) is 68.6 Å². The molecule has 0 atom stereocenters. The summed E-state index contributed by atoms with van der Waals surface area (Å²) in [6.07, 6.45) is 3.56. The molecule has 2 fully saturated rings. The average molecular weight is 446 g/mol. The van der Waals surface area contributed by atoms with Gasteiger partial charge < -0.3 is 4.74 Å². The van der Waals surface area contributed by atoms with Gasteiger partial charge in [0.05, 0.1) is 18.3 Å². The van der Waals surface area contributed by atoms with Crippen LogP contribution >= 0.6 is 0 Å². The van der Waals surface area contributed by atoms with E-state index in [4.69, 9.17) is 4.74 Å². The molecule has 0 N–H and O–H groups in total. The van der Waals surface area contributed by atoms with Gasteiger partial charge in [-0.2, -0.15) is 13.2 Å². The number of benzene rings is 2. The molecule has 174 valence electrons. The molecule has 5 heteroatoms. The van der Waals surface area contributed by atoms with E-state index in [-0.39, 0.29) is 18.3 Å². The number of nitrogens with zero attached hydrogens (tertiary/aromatic N) is 1. The van der Waals surface area contributed by atoms with Crippen LogP contribution in [-0.2, 0) is 24.1 Å². The molecule has 1 heterocycles. The highest BCUT2D eigenvalue weighted by Crippen LogP contribution is 2.36. The summed E-state index contributed by atoms with van der Waals surface area (Å²) in [5.74, 6) is 0.850. The Morgan fingerprint density at radius 3 is 2.19 bits per heavy atom. The van der Waals surface area contributed by atoms with Crippen LogP contribution in [0.4, 0.5) is 13.2 Å².